The first kappa shape index (κ1) is 28.2. The summed E-state index contributed by atoms with van der Waals surface area (Å²) in [5.41, 5.74) is 0. The van der Waals surface area contributed by atoms with Crippen LogP contribution in [0.4, 0.5) is 0 Å². The van der Waals surface area contributed by atoms with Crippen molar-refractivity contribution in [2.75, 3.05) is 39.6 Å². The second-order valence-electron chi connectivity index (χ2n) is 5.16. The molecule has 0 saturated heterocycles. The van der Waals surface area contributed by atoms with Gasteiger partial charge in [-0.25, -0.2) is 13.7 Å². The highest BCUT2D eigenvalue weighted by Gasteiger charge is 2.22. The van der Waals surface area contributed by atoms with Gasteiger partial charge in [0.25, 0.3) is 0 Å². The zero-order valence-corrected chi connectivity index (χ0v) is 16.8. The molecule has 0 aromatic carbocycles. The van der Waals surface area contributed by atoms with Crippen LogP contribution in [0.15, 0.2) is 0 Å². The van der Waals surface area contributed by atoms with Crippen molar-refractivity contribution < 1.29 is 76.3 Å². The smallest absolute Gasteiger partial charge is 0.388 e. The predicted octanol–water partition coefficient (Wildman–Crippen LogP) is -2.56. The molecule has 3 unspecified atom stereocenters. The predicted molar refractivity (Wildman–Crippen MR) is 86.6 cm³/mol. The molecular formula is C9H23O16P3. The molecule has 28 heavy (non-hydrogen) atoms. The fraction of sp³-hybridized carbons (Fsp3) is 1.00. The van der Waals surface area contributed by atoms with Gasteiger partial charge < -0.3 is 49.0 Å². The Labute approximate surface area is 158 Å². The van der Waals surface area contributed by atoms with Gasteiger partial charge in [-0.2, -0.15) is 0 Å². The maximum Gasteiger partial charge on any atom is 0.469 e. The molecule has 0 radical (unpaired) electrons. The van der Waals surface area contributed by atoms with E-state index in [-0.39, 0.29) is 0 Å². The van der Waals surface area contributed by atoms with Gasteiger partial charge in [-0.3, -0.25) is 13.6 Å². The third-order valence-electron chi connectivity index (χ3n) is 2.44. The lowest BCUT2D eigenvalue weighted by molar-refractivity contribution is -0.0860. The van der Waals surface area contributed by atoms with Crippen molar-refractivity contribution in [3.05, 3.63) is 0 Å². The first-order valence-electron chi connectivity index (χ1n) is 7.23. The van der Waals surface area contributed by atoms with Gasteiger partial charge in [0, 0.05) is 0 Å². The lowest BCUT2D eigenvalue weighted by Crippen LogP contribution is -2.32. The molecule has 0 bridgehead atoms. The molecule has 0 aliphatic heterocycles. The third-order valence-corrected chi connectivity index (χ3v) is 3.89. The van der Waals surface area contributed by atoms with Crippen molar-refractivity contribution in [3.8, 4) is 0 Å². The van der Waals surface area contributed by atoms with Crippen molar-refractivity contribution in [3.63, 3.8) is 0 Å². The van der Waals surface area contributed by atoms with E-state index in [0.717, 1.165) is 0 Å². The minimum Gasteiger partial charge on any atom is -0.388 e. The molecule has 0 heterocycles. The lowest BCUT2D eigenvalue weighted by atomic mass is 10.3. The molecule has 0 aliphatic rings. The number of phosphoric acid groups is 3. The Morgan fingerprint density at radius 3 is 1.39 bits per heavy atom. The molecule has 16 nitrogen and oxygen atoms in total. The zero-order valence-electron chi connectivity index (χ0n) is 14.2. The SMILES string of the molecule is O=P(O)(O)OCC(O)COCC(COP(=O)(O)O)OCC(O)COP(=O)(O)O. The van der Waals surface area contributed by atoms with Gasteiger partial charge in [0.05, 0.1) is 39.6 Å². The van der Waals surface area contributed by atoms with Gasteiger partial charge in [-0.15, -0.1) is 0 Å². The van der Waals surface area contributed by atoms with Gasteiger partial charge in [0.15, 0.2) is 0 Å². The number of aliphatic hydroxyl groups is 2. The van der Waals surface area contributed by atoms with Crippen LogP contribution in [0.2, 0.25) is 0 Å². The summed E-state index contributed by atoms with van der Waals surface area (Å²) in [5.74, 6) is 0. The Bertz CT molecular complexity index is 566. The number of hydrogen-bond acceptors (Lipinski definition) is 10. The molecular weight excluding hydrogens is 457 g/mol. The molecule has 8 N–H and O–H groups in total. The topological polar surface area (TPSA) is 259 Å². The standard InChI is InChI=1S/C9H23O16P3/c10-7(3-23-26(12,13)14)1-21-5-9(6-25-28(18,19)20)22-2-8(11)4-24-27(15,16)17/h7-11H,1-6H2,(H2,12,13,14)(H2,15,16,17)(H2,18,19,20). The van der Waals surface area contributed by atoms with E-state index in [9.17, 15) is 23.9 Å². The van der Waals surface area contributed by atoms with Crippen LogP contribution in [-0.2, 0) is 36.7 Å². The van der Waals surface area contributed by atoms with E-state index in [1.54, 1.807) is 0 Å². The monoisotopic (exact) mass is 480 g/mol. The Balaban J connectivity index is 4.41. The first-order valence-corrected chi connectivity index (χ1v) is 11.8. The molecule has 19 heteroatoms. The van der Waals surface area contributed by atoms with Crippen LogP contribution in [0, 0.1) is 0 Å². The fourth-order valence-corrected chi connectivity index (χ4v) is 2.46. The third kappa shape index (κ3) is 19.5. The average molecular weight is 480 g/mol. The highest BCUT2D eigenvalue weighted by Crippen LogP contribution is 2.37. The largest absolute Gasteiger partial charge is 0.469 e. The molecule has 0 saturated carbocycles. The van der Waals surface area contributed by atoms with Crippen molar-refractivity contribution in [2.45, 2.75) is 18.3 Å². The molecule has 3 atom stereocenters. The van der Waals surface area contributed by atoms with E-state index in [1.807, 2.05) is 0 Å². The second kappa shape index (κ2) is 12.8. The molecule has 0 aliphatic carbocycles. The van der Waals surface area contributed by atoms with Crippen LogP contribution in [0.25, 0.3) is 0 Å². The molecule has 0 rings (SSSR count). The van der Waals surface area contributed by atoms with Crippen LogP contribution in [0.3, 0.4) is 0 Å². The van der Waals surface area contributed by atoms with Crippen LogP contribution >= 0.6 is 23.5 Å². The number of hydrogen-bond donors (Lipinski definition) is 8. The summed E-state index contributed by atoms with van der Waals surface area (Å²) in [4.78, 5) is 51.4. The van der Waals surface area contributed by atoms with Crippen LogP contribution < -0.4 is 0 Å². The summed E-state index contributed by atoms with van der Waals surface area (Å²) >= 11 is 0. The number of phosphoric ester groups is 3. The molecule has 0 aromatic heterocycles. The summed E-state index contributed by atoms with van der Waals surface area (Å²) in [6.45, 7) is -3.80. The average Bonchev–Trinajstić information content (AvgIpc) is 2.50. The van der Waals surface area contributed by atoms with Gasteiger partial charge >= 0.3 is 23.5 Å². The molecule has 0 aromatic rings. The van der Waals surface area contributed by atoms with Crippen molar-refractivity contribution in [1.82, 2.24) is 0 Å². The van der Waals surface area contributed by atoms with E-state index in [0.29, 0.717) is 0 Å². The normalized spacial score (nSPS) is 16.7. The van der Waals surface area contributed by atoms with Crippen LogP contribution in [0.1, 0.15) is 0 Å². The van der Waals surface area contributed by atoms with Crippen LogP contribution in [-0.4, -0.2) is 97.5 Å². The van der Waals surface area contributed by atoms with E-state index >= 15 is 0 Å². The summed E-state index contributed by atoms with van der Waals surface area (Å²) in [6, 6.07) is 0. The molecule has 0 amide bonds. The molecule has 0 spiro atoms. The minimum absolute atomic E-state index is 0.445. The maximum absolute atomic E-state index is 10.7. The lowest BCUT2D eigenvalue weighted by Gasteiger charge is -2.21. The molecule has 170 valence electrons. The number of aliphatic hydroxyl groups excluding tert-OH is 2. The highest BCUT2D eigenvalue weighted by atomic mass is 31.2. The van der Waals surface area contributed by atoms with E-state index in [4.69, 9.17) is 38.8 Å². The van der Waals surface area contributed by atoms with E-state index in [2.05, 4.69) is 13.6 Å². The Hall–Kier alpha value is 0.170. The van der Waals surface area contributed by atoms with Gasteiger partial charge in [-0.1, -0.05) is 0 Å². The Morgan fingerprint density at radius 2 is 0.964 bits per heavy atom. The van der Waals surface area contributed by atoms with E-state index in [1.165, 1.54) is 0 Å². The van der Waals surface area contributed by atoms with Crippen molar-refractivity contribution in [1.29, 1.82) is 0 Å². The summed E-state index contributed by atoms with van der Waals surface area (Å²) in [7, 11) is -14.5. The fourth-order valence-electron chi connectivity index (χ4n) is 1.37. The van der Waals surface area contributed by atoms with Crippen molar-refractivity contribution in [2.24, 2.45) is 0 Å². The Morgan fingerprint density at radius 1 is 0.571 bits per heavy atom. The molecule has 0 fully saturated rings. The van der Waals surface area contributed by atoms with E-state index < -0.39 is 81.4 Å². The highest BCUT2D eigenvalue weighted by molar-refractivity contribution is 7.46. The summed E-state index contributed by atoms with van der Waals surface area (Å²) < 4.78 is 54.1. The van der Waals surface area contributed by atoms with Crippen LogP contribution in [0.5, 0.6) is 0 Å². The van der Waals surface area contributed by atoms with Gasteiger partial charge in [0.1, 0.15) is 18.3 Å². The zero-order chi connectivity index (χ0) is 22.0. The summed E-state index contributed by atoms with van der Waals surface area (Å²) in [6.07, 6.45) is -4.15. The number of ether oxygens (including phenoxy) is 2. The summed E-state index contributed by atoms with van der Waals surface area (Å²) in [5, 5.41) is 18.9. The quantitative estimate of drug-likeness (QED) is 0.106. The Kier molecular flexibility index (Phi) is 12.8. The maximum atomic E-state index is 10.7. The van der Waals surface area contributed by atoms with Crippen molar-refractivity contribution >= 4 is 23.5 Å². The van der Waals surface area contributed by atoms with Gasteiger partial charge in [-0.05, 0) is 0 Å². The first-order chi connectivity index (χ1) is 12.6. The second-order valence-corrected chi connectivity index (χ2v) is 8.88. The number of rotatable bonds is 16. The minimum atomic E-state index is -4.86. The van der Waals surface area contributed by atoms with Gasteiger partial charge in [0.2, 0.25) is 0 Å².